The number of hydrogen-bond donors (Lipinski definition) is 2. The second kappa shape index (κ2) is 8.29. The van der Waals surface area contributed by atoms with E-state index >= 15 is 0 Å². The first-order valence-electron chi connectivity index (χ1n) is 9.24. The molecule has 2 aromatic carbocycles. The molecule has 25 heavy (non-hydrogen) atoms. The molecule has 0 aromatic heterocycles. The molecule has 2 N–H and O–H groups in total. The Morgan fingerprint density at radius 2 is 1.92 bits per heavy atom. The number of aliphatic hydroxyl groups is 1. The van der Waals surface area contributed by atoms with E-state index in [0.717, 1.165) is 12.8 Å². The number of thioether (sulfide) groups is 1. The number of aliphatic hydroxyl groups excluding tert-OH is 1. The van der Waals surface area contributed by atoms with Crippen molar-refractivity contribution in [1.29, 1.82) is 0 Å². The maximum Gasteiger partial charge on any atom is 0.0547 e. The summed E-state index contributed by atoms with van der Waals surface area (Å²) in [5.74, 6) is 1.39. The van der Waals surface area contributed by atoms with Crippen molar-refractivity contribution in [2.45, 2.75) is 43.5 Å². The molecule has 0 saturated heterocycles. The minimum absolute atomic E-state index is 0.276. The summed E-state index contributed by atoms with van der Waals surface area (Å²) in [6, 6.07) is 17.9. The van der Waals surface area contributed by atoms with Crippen molar-refractivity contribution in [3.05, 3.63) is 59.7 Å². The van der Waals surface area contributed by atoms with E-state index < -0.39 is 0 Å². The summed E-state index contributed by atoms with van der Waals surface area (Å²) < 4.78 is 0. The van der Waals surface area contributed by atoms with Crippen LogP contribution in [0.15, 0.2) is 53.4 Å². The number of benzene rings is 2. The van der Waals surface area contributed by atoms with Crippen LogP contribution in [-0.4, -0.2) is 18.0 Å². The van der Waals surface area contributed by atoms with E-state index in [4.69, 9.17) is 0 Å². The zero-order valence-electron chi connectivity index (χ0n) is 15.4. The van der Waals surface area contributed by atoms with Crippen molar-refractivity contribution in [3.8, 4) is 0 Å². The smallest absolute Gasteiger partial charge is 0.0547 e. The van der Waals surface area contributed by atoms with Crippen LogP contribution < -0.4 is 5.32 Å². The molecule has 0 saturated carbocycles. The molecule has 3 heteroatoms. The Bertz CT molecular complexity index is 688. The third-order valence-electron chi connectivity index (χ3n) is 5.59. The minimum Gasteiger partial charge on any atom is -0.396 e. The first-order valence-corrected chi connectivity index (χ1v) is 10.5. The molecule has 2 aromatic rings. The summed E-state index contributed by atoms with van der Waals surface area (Å²) in [7, 11) is 0. The maximum atomic E-state index is 9.42. The summed E-state index contributed by atoms with van der Waals surface area (Å²) in [4.78, 5) is 1.33. The van der Waals surface area contributed by atoms with Gasteiger partial charge in [0.2, 0.25) is 0 Å². The fourth-order valence-electron chi connectivity index (χ4n) is 3.95. The van der Waals surface area contributed by atoms with E-state index in [1.807, 2.05) is 0 Å². The molecule has 1 aliphatic heterocycles. The van der Waals surface area contributed by atoms with Crippen molar-refractivity contribution in [3.63, 3.8) is 0 Å². The van der Waals surface area contributed by atoms with E-state index in [9.17, 15) is 5.11 Å². The molecule has 0 unspecified atom stereocenters. The summed E-state index contributed by atoms with van der Waals surface area (Å²) in [5.41, 5.74) is 4.06. The zero-order valence-corrected chi connectivity index (χ0v) is 16.2. The Hall–Kier alpha value is -1.45. The molecule has 1 aliphatic rings. The summed E-state index contributed by atoms with van der Waals surface area (Å²) in [5, 5.41) is 13.2. The van der Waals surface area contributed by atoms with Gasteiger partial charge < -0.3 is 10.4 Å². The van der Waals surface area contributed by atoms with Crippen LogP contribution in [0.3, 0.4) is 0 Å². The Balaban J connectivity index is 1.94. The molecule has 134 valence electrons. The van der Waals surface area contributed by atoms with E-state index in [0.29, 0.717) is 23.8 Å². The van der Waals surface area contributed by atoms with Gasteiger partial charge in [-0.05, 0) is 66.2 Å². The largest absolute Gasteiger partial charge is 0.396 e. The van der Waals surface area contributed by atoms with Gasteiger partial charge in [-0.2, -0.15) is 0 Å². The van der Waals surface area contributed by atoms with Gasteiger partial charge in [-0.25, -0.2) is 0 Å². The van der Waals surface area contributed by atoms with E-state index in [2.05, 4.69) is 74.0 Å². The lowest BCUT2D eigenvalue weighted by Crippen LogP contribution is -2.31. The normalized spacial score (nSPS) is 23.6. The molecule has 0 fully saturated rings. The summed E-state index contributed by atoms with van der Waals surface area (Å²) in [6.07, 6.45) is 4.32. The molecule has 0 amide bonds. The third kappa shape index (κ3) is 4.04. The van der Waals surface area contributed by atoms with Gasteiger partial charge in [-0.1, -0.05) is 44.2 Å². The number of hydrogen-bond acceptors (Lipinski definition) is 3. The number of fused-ring (bicyclic) bond motifs is 1. The molecule has 4 atom stereocenters. The predicted molar refractivity (Wildman–Crippen MR) is 108 cm³/mol. The van der Waals surface area contributed by atoms with Crippen molar-refractivity contribution in [1.82, 2.24) is 0 Å². The van der Waals surface area contributed by atoms with Crippen LogP contribution in [0.4, 0.5) is 5.69 Å². The van der Waals surface area contributed by atoms with Gasteiger partial charge >= 0.3 is 0 Å². The fraction of sp³-hybridized carbons (Fsp3) is 0.455. The van der Waals surface area contributed by atoms with Gasteiger partial charge in [0.1, 0.15) is 0 Å². The van der Waals surface area contributed by atoms with Gasteiger partial charge in [-0.15, -0.1) is 11.8 Å². The van der Waals surface area contributed by atoms with Crippen LogP contribution >= 0.6 is 11.8 Å². The quantitative estimate of drug-likeness (QED) is 0.652. The summed E-state index contributed by atoms with van der Waals surface area (Å²) in [6.45, 7) is 4.78. The van der Waals surface area contributed by atoms with Gasteiger partial charge in [0.05, 0.1) is 6.04 Å². The first kappa shape index (κ1) is 18.3. The molecule has 2 nitrogen and oxygen atoms in total. The second-order valence-electron chi connectivity index (χ2n) is 7.30. The van der Waals surface area contributed by atoms with Gasteiger partial charge in [0.15, 0.2) is 0 Å². The fourth-order valence-corrected chi connectivity index (χ4v) is 4.39. The van der Waals surface area contributed by atoms with E-state index in [1.54, 1.807) is 11.8 Å². The second-order valence-corrected chi connectivity index (χ2v) is 8.18. The zero-order chi connectivity index (χ0) is 17.8. The van der Waals surface area contributed by atoms with Crippen molar-refractivity contribution in [2.75, 3.05) is 18.2 Å². The maximum absolute atomic E-state index is 9.42. The molecule has 3 rings (SSSR count). The van der Waals surface area contributed by atoms with Crippen LogP contribution in [0.2, 0.25) is 0 Å². The lowest BCUT2D eigenvalue weighted by molar-refractivity contribution is 0.213. The van der Waals surface area contributed by atoms with Crippen LogP contribution in [-0.2, 0) is 0 Å². The standard InChI is InChI=1S/C22H29NOS/c1-15(14-24)9-11-19-16(2)20-13-18(25-3)10-12-21(20)23-22(19)17-7-5-4-6-8-17/h4-8,10,12-13,15-16,19,22-24H,9,11,14H2,1-3H3/t15-,16+,19-,22+/m1/s1. The van der Waals surface area contributed by atoms with Gasteiger partial charge in [0, 0.05) is 17.2 Å². The average molecular weight is 356 g/mol. The lowest BCUT2D eigenvalue weighted by Gasteiger charge is -2.40. The van der Waals surface area contributed by atoms with Crippen molar-refractivity contribution >= 4 is 17.4 Å². The minimum atomic E-state index is 0.276. The van der Waals surface area contributed by atoms with Crippen LogP contribution in [0.1, 0.15) is 49.8 Å². The monoisotopic (exact) mass is 355 g/mol. The van der Waals surface area contributed by atoms with Gasteiger partial charge in [0.25, 0.3) is 0 Å². The topological polar surface area (TPSA) is 32.3 Å². The van der Waals surface area contributed by atoms with Crippen LogP contribution in [0.5, 0.6) is 0 Å². The molecule has 0 aliphatic carbocycles. The highest BCUT2D eigenvalue weighted by Crippen LogP contribution is 2.47. The van der Waals surface area contributed by atoms with Crippen molar-refractivity contribution < 1.29 is 5.11 Å². The highest BCUT2D eigenvalue weighted by atomic mass is 32.2. The van der Waals surface area contributed by atoms with E-state index in [1.165, 1.54) is 21.7 Å². The number of rotatable bonds is 6. The molecular formula is C22H29NOS. The number of anilines is 1. The number of nitrogens with one attached hydrogen (secondary N) is 1. The predicted octanol–water partition coefficient (Wildman–Crippen LogP) is 5.70. The molecule has 1 heterocycles. The van der Waals surface area contributed by atoms with Crippen molar-refractivity contribution in [2.24, 2.45) is 11.8 Å². The SMILES string of the molecule is CSc1ccc2c(c1)[C@@H](C)[C@@H](CC[C@@H](C)CO)[C@H](c1ccccc1)N2. The molecule has 0 bridgehead atoms. The Morgan fingerprint density at radius 3 is 2.60 bits per heavy atom. The Morgan fingerprint density at radius 1 is 1.16 bits per heavy atom. The van der Waals surface area contributed by atoms with Gasteiger partial charge in [-0.3, -0.25) is 0 Å². The highest BCUT2D eigenvalue weighted by molar-refractivity contribution is 7.98. The third-order valence-corrected chi connectivity index (χ3v) is 6.32. The van der Waals surface area contributed by atoms with Crippen LogP contribution in [0, 0.1) is 11.8 Å². The molecule has 0 radical (unpaired) electrons. The lowest BCUT2D eigenvalue weighted by atomic mass is 9.73. The highest BCUT2D eigenvalue weighted by Gasteiger charge is 2.34. The molecule has 0 spiro atoms. The first-order chi connectivity index (χ1) is 12.1. The average Bonchev–Trinajstić information content (AvgIpc) is 2.67. The van der Waals surface area contributed by atoms with E-state index in [-0.39, 0.29) is 6.61 Å². The van der Waals surface area contributed by atoms with Crippen LogP contribution in [0.25, 0.3) is 0 Å². The Labute approximate surface area is 156 Å². The Kier molecular flexibility index (Phi) is 6.08. The summed E-state index contributed by atoms with van der Waals surface area (Å²) >= 11 is 1.80. The molecular weight excluding hydrogens is 326 g/mol.